The molecule has 4 heterocycles. The van der Waals surface area contributed by atoms with Crippen molar-refractivity contribution in [3.8, 4) is 0 Å². The van der Waals surface area contributed by atoms with E-state index >= 15 is 0 Å². The molecule has 0 unspecified atom stereocenters. The molecule has 26 heavy (non-hydrogen) atoms. The molecule has 2 aliphatic rings. The predicted molar refractivity (Wildman–Crippen MR) is 102 cm³/mol. The maximum Gasteiger partial charge on any atom is 0.141 e. The number of aryl methyl sites for hydroxylation is 2. The summed E-state index contributed by atoms with van der Waals surface area (Å²) in [6, 6.07) is 0. The maximum absolute atomic E-state index is 10.6. The Hall–Kier alpha value is -2.12. The second kappa shape index (κ2) is 6.55. The van der Waals surface area contributed by atoms with Crippen molar-refractivity contribution in [3.63, 3.8) is 0 Å². The highest BCUT2D eigenvalue weighted by Crippen LogP contribution is 2.40. The summed E-state index contributed by atoms with van der Waals surface area (Å²) in [7, 11) is 0. The summed E-state index contributed by atoms with van der Waals surface area (Å²) >= 11 is 1.82. The molecule has 2 atom stereocenters. The Morgan fingerprint density at radius 3 is 2.92 bits per heavy atom. The topological polar surface area (TPSA) is 75.0 Å². The van der Waals surface area contributed by atoms with Gasteiger partial charge in [-0.3, -0.25) is 9.97 Å². The molecule has 0 spiro atoms. The minimum atomic E-state index is -0.378. The molecule has 3 aromatic heterocycles. The first-order valence-corrected chi connectivity index (χ1v) is 10.0. The lowest BCUT2D eigenvalue weighted by Crippen LogP contribution is -2.22. The van der Waals surface area contributed by atoms with E-state index in [4.69, 9.17) is 0 Å². The molecule has 1 aliphatic carbocycles. The first-order valence-electron chi connectivity index (χ1n) is 9.23. The average molecular weight is 367 g/mol. The van der Waals surface area contributed by atoms with E-state index in [1.807, 2.05) is 11.3 Å². The van der Waals surface area contributed by atoms with Crippen LogP contribution in [0.2, 0.25) is 0 Å². The Bertz CT molecular complexity index is 928. The summed E-state index contributed by atoms with van der Waals surface area (Å²) in [5.74, 6) is 1.14. The highest BCUT2D eigenvalue weighted by molar-refractivity contribution is 7.19. The lowest BCUT2D eigenvalue weighted by atomic mass is 9.97. The lowest BCUT2D eigenvalue weighted by molar-refractivity contribution is 0.147. The summed E-state index contributed by atoms with van der Waals surface area (Å²) in [6.45, 7) is 1.40. The van der Waals surface area contributed by atoms with Gasteiger partial charge in [-0.1, -0.05) is 0 Å². The fourth-order valence-corrected chi connectivity index (χ4v) is 5.47. The molecule has 134 valence electrons. The zero-order chi connectivity index (χ0) is 17.5. The summed E-state index contributed by atoms with van der Waals surface area (Å²) < 4.78 is 0. The standard InChI is InChI=1S/C19H21N5OS/c25-15-10-24(9-12(15)7-13-8-20-5-6-21-13)18-17-14-3-1-2-4-16(14)26-19(17)23-11-22-18/h5-6,8,11-12,15,25H,1-4,7,9-10H2/t12-,15-/m1/s1. The minimum absolute atomic E-state index is 0.145. The number of β-amino-alcohol motifs (C(OH)–C–C–N with tert-alkyl or cyclic N) is 1. The molecular formula is C19H21N5OS. The van der Waals surface area contributed by atoms with Gasteiger partial charge in [-0.05, 0) is 37.7 Å². The van der Waals surface area contributed by atoms with Crippen LogP contribution in [0.3, 0.4) is 0 Å². The zero-order valence-corrected chi connectivity index (χ0v) is 15.3. The van der Waals surface area contributed by atoms with Crippen LogP contribution in [0.25, 0.3) is 10.2 Å². The van der Waals surface area contributed by atoms with Gasteiger partial charge in [0.15, 0.2) is 0 Å². The largest absolute Gasteiger partial charge is 0.391 e. The number of nitrogens with zero attached hydrogens (tertiary/aromatic N) is 5. The Labute approximate surface area is 156 Å². The van der Waals surface area contributed by atoms with Crippen molar-refractivity contribution in [3.05, 3.63) is 41.1 Å². The Morgan fingerprint density at radius 1 is 1.12 bits per heavy atom. The number of anilines is 1. The number of hydrogen-bond donors (Lipinski definition) is 1. The molecule has 0 saturated carbocycles. The number of hydrogen-bond acceptors (Lipinski definition) is 7. The summed E-state index contributed by atoms with van der Waals surface area (Å²) in [6.07, 6.45) is 12.0. The second-order valence-corrected chi connectivity index (χ2v) is 8.31. The monoisotopic (exact) mass is 367 g/mol. The smallest absolute Gasteiger partial charge is 0.141 e. The molecular weight excluding hydrogens is 346 g/mol. The van der Waals surface area contributed by atoms with Crippen LogP contribution >= 0.6 is 11.3 Å². The molecule has 0 aromatic carbocycles. The fourth-order valence-electron chi connectivity index (χ4n) is 4.24. The Balaban J connectivity index is 1.46. The Morgan fingerprint density at radius 2 is 2.04 bits per heavy atom. The van der Waals surface area contributed by atoms with Gasteiger partial charge < -0.3 is 10.0 Å². The molecule has 6 nitrogen and oxygen atoms in total. The van der Waals surface area contributed by atoms with E-state index in [2.05, 4.69) is 24.8 Å². The van der Waals surface area contributed by atoms with Crippen LogP contribution in [-0.4, -0.2) is 44.2 Å². The first-order chi connectivity index (χ1) is 12.8. The van der Waals surface area contributed by atoms with Gasteiger partial charge in [-0.2, -0.15) is 0 Å². The van der Waals surface area contributed by atoms with Gasteiger partial charge in [-0.15, -0.1) is 11.3 Å². The van der Waals surface area contributed by atoms with Crippen LogP contribution < -0.4 is 4.90 Å². The molecule has 1 fully saturated rings. The number of thiophene rings is 1. The van der Waals surface area contributed by atoms with Crippen LogP contribution in [0.15, 0.2) is 24.9 Å². The molecule has 3 aromatic rings. The van der Waals surface area contributed by atoms with E-state index in [0.29, 0.717) is 6.54 Å². The normalized spacial score (nSPS) is 22.7. The summed E-state index contributed by atoms with van der Waals surface area (Å²) in [5.41, 5.74) is 2.37. The van der Waals surface area contributed by atoms with Crippen LogP contribution in [0, 0.1) is 5.92 Å². The van der Waals surface area contributed by atoms with E-state index in [1.54, 1.807) is 24.9 Å². The molecule has 1 N–H and O–H groups in total. The van der Waals surface area contributed by atoms with Gasteiger partial charge in [-0.25, -0.2) is 9.97 Å². The highest BCUT2D eigenvalue weighted by Gasteiger charge is 2.34. The van der Waals surface area contributed by atoms with Crippen LogP contribution in [0.4, 0.5) is 5.82 Å². The van der Waals surface area contributed by atoms with Crippen molar-refractivity contribution in [1.29, 1.82) is 0 Å². The molecule has 1 saturated heterocycles. The number of aliphatic hydroxyl groups excluding tert-OH is 1. The van der Waals surface area contributed by atoms with Crippen LogP contribution in [-0.2, 0) is 19.3 Å². The summed E-state index contributed by atoms with van der Waals surface area (Å²) in [4.78, 5) is 22.4. The highest BCUT2D eigenvalue weighted by atomic mass is 32.1. The third-order valence-electron chi connectivity index (χ3n) is 5.53. The third kappa shape index (κ3) is 2.75. The van der Waals surface area contributed by atoms with Gasteiger partial charge in [0, 0.05) is 42.5 Å². The average Bonchev–Trinajstić information content (AvgIpc) is 3.23. The second-order valence-electron chi connectivity index (χ2n) is 7.22. The predicted octanol–water partition coefficient (Wildman–Crippen LogP) is 2.40. The third-order valence-corrected chi connectivity index (χ3v) is 6.73. The Kier molecular flexibility index (Phi) is 4.05. The molecule has 0 bridgehead atoms. The SMILES string of the molecule is O[C@@H]1CN(c2ncnc3sc4c(c23)CCCC4)C[C@H]1Cc1cnccn1. The van der Waals surface area contributed by atoms with Crippen molar-refractivity contribution in [2.45, 2.75) is 38.2 Å². The van der Waals surface area contributed by atoms with E-state index in [1.165, 1.54) is 28.7 Å². The number of aliphatic hydroxyl groups is 1. The number of aromatic nitrogens is 4. The summed E-state index contributed by atoms with van der Waals surface area (Å²) in [5, 5.41) is 11.8. The number of rotatable bonds is 3. The minimum Gasteiger partial charge on any atom is -0.391 e. The van der Waals surface area contributed by atoms with Crippen LogP contribution in [0.1, 0.15) is 29.0 Å². The maximum atomic E-state index is 10.6. The molecule has 0 amide bonds. The van der Waals surface area contributed by atoms with Gasteiger partial charge in [0.2, 0.25) is 0 Å². The van der Waals surface area contributed by atoms with Crippen molar-refractivity contribution in [2.24, 2.45) is 5.92 Å². The fraction of sp³-hybridized carbons (Fsp3) is 0.474. The molecule has 0 radical (unpaired) electrons. The molecule has 1 aliphatic heterocycles. The zero-order valence-electron chi connectivity index (χ0n) is 14.5. The first kappa shape index (κ1) is 16.1. The molecule has 5 rings (SSSR count). The lowest BCUT2D eigenvalue weighted by Gasteiger charge is -2.19. The number of fused-ring (bicyclic) bond motifs is 3. The quantitative estimate of drug-likeness (QED) is 0.766. The van der Waals surface area contributed by atoms with Crippen molar-refractivity contribution < 1.29 is 5.11 Å². The van der Waals surface area contributed by atoms with Gasteiger partial charge in [0.25, 0.3) is 0 Å². The van der Waals surface area contributed by atoms with Crippen LogP contribution in [0.5, 0.6) is 0 Å². The van der Waals surface area contributed by atoms with Crippen molar-refractivity contribution in [1.82, 2.24) is 19.9 Å². The van der Waals surface area contributed by atoms with E-state index in [0.717, 1.165) is 42.1 Å². The molecule has 7 heteroatoms. The van der Waals surface area contributed by atoms with E-state index in [-0.39, 0.29) is 12.0 Å². The van der Waals surface area contributed by atoms with E-state index in [9.17, 15) is 5.11 Å². The van der Waals surface area contributed by atoms with E-state index < -0.39 is 0 Å². The van der Waals surface area contributed by atoms with Crippen molar-refractivity contribution >= 4 is 27.4 Å². The van der Waals surface area contributed by atoms with Gasteiger partial charge in [0.05, 0.1) is 17.2 Å². The van der Waals surface area contributed by atoms with Gasteiger partial charge >= 0.3 is 0 Å². The van der Waals surface area contributed by atoms with Gasteiger partial charge in [0.1, 0.15) is 17.0 Å². The van der Waals surface area contributed by atoms with Crippen molar-refractivity contribution in [2.75, 3.05) is 18.0 Å².